The number of nitrogens with zero attached hydrogens (tertiary/aromatic N) is 2. The van der Waals surface area contributed by atoms with Crippen LogP contribution < -0.4 is 0 Å². The summed E-state index contributed by atoms with van der Waals surface area (Å²) in [5.41, 5.74) is 5.31. The van der Waals surface area contributed by atoms with E-state index in [2.05, 4.69) is 66.8 Å². The molecule has 1 aliphatic rings. The molecule has 1 N–H and O–H groups in total. The molecule has 0 amide bonds. The molecule has 2 heterocycles. The molecule has 0 aliphatic carbocycles. The Morgan fingerprint density at radius 2 is 1.66 bits per heavy atom. The third-order valence-corrected chi connectivity index (χ3v) is 5.75. The van der Waals surface area contributed by atoms with Gasteiger partial charge in [0.15, 0.2) is 0 Å². The first-order valence-electron chi connectivity index (χ1n) is 11.1. The fourth-order valence-electron chi connectivity index (χ4n) is 4.07. The zero-order valence-electron chi connectivity index (χ0n) is 18.6. The van der Waals surface area contributed by atoms with E-state index in [1.54, 1.807) is 6.33 Å². The van der Waals surface area contributed by atoms with Crippen molar-refractivity contribution in [3.05, 3.63) is 66.0 Å². The van der Waals surface area contributed by atoms with Crippen LogP contribution in [0.5, 0.6) is 0 Å². The molecule has 3 heteroatoms. The highest BCUT2D eigenvalue weighted by Crippen LogP contribution is 2.23. The van der Waals surface area contributed by atoms with Crippen LogP contribution >= 0.6 is 0 Å². The Balaban J connectivity index is 0.000000220. The van der Waals surface area contributed by atoms with E-state index in [1.165, 1.54) is 56.4 Å². The number of aromatic nitrogens is 2. The Morgan fingerprint density at radius 3 is 2.31 bits per heavy atom. The molecule has 0 saturated carbocycles. The summed E-state index contributed by atoms with van der Waals surface area (Å²) in [5, 5.41) is 0. The van der Waals surface area contributed by atoms with Crippen molar-refractivity contribution < 1.29 is 0 Å². The van der Waals surface area contributed by atoms with Gasteiger partial charge in [-0.3, -0.25) is 0 Å². The zero-order chi connectivity index (χ0) is 20.7. The normalized spacial score (nSPS) is 16.3. The minimum atomic E-state index is 0.262. The quantitative estimate of drug-likeness (QED) is 0.573. The van der Waals surface area contributed by atoms with E-state index in [4.69, 9.17) is 0 Å². The molecule has 0 radical (unpaired) electrons. The Bertz CT molecular complexity index is 821. The molecule has 2 aromatic carbocycles. The molecule has 3 aromatic rings. The van der Waals surface area contributed by atoms with Crippen LogP contribution in [0, 0.1) is 5.92 Å². The summed E-state index contributed by atoms with van der Waals surface area (Å²) in [6, 6.07) is 17.2. The number of nitrogens with one attached hydrogen (secondary N) is 1. The van der Waals surface area contributed by atoms with Crippen LogP contribution in [0.2, 0.25) is 0 Å². The highest BCUT2D eigenvalue weighted by molar-refractivity contribution is 5.73. The summed E-state index contributed by atoms with van der Waals surface area (Å²) < 4.78 is 0. The minimum Gasteiger partial charge on any atom is -0.345 e. The molecule has 1 fully saturated rings. The second-order valence-corrected chi connectivity index (χ2v) is 9.54. The molecule has 0 bridgehead atoms. The van der Waals surface area contributed by atoms with Gasteiger partial charge in [-0.25, -0.2) is 4.98 Å². The van der Waals surface area contributed by atoms with Crippen LogP contribution in [0.3, 0.4) is 0 Å². The van der Waals surface area contributed by atoms with E-state index in [0.29, 0.717) is 0 Å². The molecular formula is C26H37N3. The van der Waals surface area contributed by atoms with E-state index in [9.17, 15) is 0 Å². The van der Waals surface area contributed by atoms with Crippen LogP contribution in [0.15, 0.2) is 54.9 Å². The number of imidazole rings is 1. The smallest absolute Gasteiger partial charge is 0.0931 e. The molecule has 1 saturated heterocycles. The van der Waals surface area contributed by atoms with Crippen molar-refractivity contribution in [2.75, 3.05) is 19.6 Å². The minimum absolute atomic E-state index is 0.262. The van der Waals surface area contributed by atoms with Gasteiger partial charge in [0.25, 0.3) is 0 Å². The largest absolute Gasteiger partial charge is 0.345 e. The average molecular weight is 392 g/mol. The van der Waals surface area contributed by atoms with Gasteiger partial charge in [-0.1, -0.05) is 70.5 Å². The molecule has 1 aliphatic heterocycles. The first-order chi connectivity index (χ1) is 13.9. The Labute approximate surface area is 176 Å². The first-order valence-corrected chi connectivity index (χ1v) is 11.1. The fraction of sp³-hybridized carbons (Fsp3) is 0.500. The summed E-state index contributed by atoms with van der Waals surface area (Å²) in [5.74, 6) is 0.758. The van der Waals surface area contributed by atoms with Crippen molar-refractivity contribution in [2.24, 2.45) is 5.92 Å². The zero-order valence-corrected chi connectivity index (χ0v) is 18.6. The molecule has 156 valence electrons. The Kier molecular flexibility index (Phi) is 7.49. The van der Waals surface area contributed by atoms with Crippen LogP contribution in [-0.2, 0) is 11.8 Å². The predicted octanol–water partition coefficient (Wildman–Crippen LogP) is 6.21. The summed E-state index contributed by atoms with van der Waals surface area (Å²) in [4.78, 5) is 9.72. The van der Waals surface area contributed by atoms with Crippen molar-refractivity contribution >= 4 is 11.0 Å². The number of aromatic amines is 1. The molecule has 4 rings (SSSR count). The lowest BCUT2D eigenvalue weighted by molar-refractivity contribution is 0.200. The maximum absolute atomic E-state index is 4.06. The first kappa shape index (κ1) is 21.6. The van der Waals surface area contributed by atoms with E-state index in [0.717, 1.165) is 17.0 Å². The number of hydrogen-bond donors (Lipinski definition) is 1. The van der Waals surface area contributed by atoms with E-state index in [1.807, 2.05) is 24.3 Å². The molecule has 1 aromatic heterocycles. The lowest BCUT2D eigenvalue weighted by Gasteiger charge is -2.29. The highest BCUT2D eigenvalue weighted by atomic mass is 15.1. The van der Waals surface area contributed by atoms with Gasteiger partial charge in [-0.15, -0.1) is 0 Å². The van der Waals surface area contributed by atoms with Crippen LogP contribution in [0.25, 0.3) is 11.0 Å². The van der Waals surface area contributed by atoms with Gasteiger partial charge in [-0.2, -0.15) is 0 Å². The van der Waals surface area contributed by atoms with Gasteiger partial charge in [0.2, 0.25) is 0 Å². The molecule has 3 nitrogen and oxygen atoms in total. The monoisotopic (exact) mass is 391 g/mol. The van der Waals surface area contributed by atoms with Crippen LogP contribution in [0.4, 0.5) is 0 Å². The average Bonchev–Trinajstić information content (AvgIpc) is 3.18. The third-order valence-electron chi connectivity index (χ3n) is 5.75. The van der Waals surface area contributed by atoms with E-state index < -0.39 is 0 Å². The fourth-order valence-corrected chi connectivity index (χ4v) is 4.07. The summed E-state index contributed by atoms with van der Waals surface area (Å²) in [6.45, 7) is 13.1. The molecule has 0 spiro atoms. The summed E-state index contributed by atoms with van der Waals surface area (Å²) in [7, 11) is 0. The predicted molar refractivity (Wildman–Crippen MR) is 124 cm³/mol. The Hall–Kier alpha value is -2.13. The third kappa shape index (κ3) is 6.71. The van der Waals surface area contributed by atoms with Gasteiger partial charge in [0.1, 0.15) is 0 Å². The maximum atomic E-state index is 4.06. The van der Waals surface area contributed by atoms with Crippen LogP contribution in [-0.4, -0.2) is 34.5 Å². The second kappa shape index (κ2) is 10.1. The molecular weight excluding hydrogens is 354 g/mol. The van der Waals surface area contributed by atoms with Crippen molar-refractivity contribution in [3.63, 3.8) is 0 Å². The van der Waals surface area contributed by atoms with Crippen molar-refractivity contribution in [3.8, 4) is 0 Å². The summed E-state index contributed by atoms with van der Waals surface area (Å²) in [6.07, 6.45) is 7.13. The molecule has 1 unspecified atom stereocenters. The second-order valence-electron chi connectivity index (χ2n) is 9.54. The topological polar surface area (TPSA) is 31.9 Å². The van der Waals surface area contributed by atoms with E-state index >= 15 is 0 Å². The summed E-state index contributed by atoms with van der Waals surface area (Å²) >= 11 is 0. The molecule has 1 atom stereocenters. The highest BCUT2D eigenvalue weighted by Gasteiger charge is 2.15. The van der Waals surface area contributed by atoms with Gasteiger partial charge in [0, 0.05) is 6.54 Å². The van der Waals surface area contributed by atoms with Gasteiger partial charge in [0.05, 0.1) is 17.4 Å². The van der Waals surface area contributed by atoms with Crippen molar-refractivity contribution in [1.82, 2.24) is 14.9 Å². The standard InChI is InChI=1S/C19H31N.C7H6N2/c1-16(15-20-12-6-5-7-13-20)14-17-8-10-18(11-9-17)19(2,3)4;1-2-4-7-6(3-1)8-5-9-7/h8-11,16H,5-7,12-15H2,1-4H3;1-5H,(H,8,9). The Morgan fingerprint density at radius 1 is 0.966 bits per heavy atom. The molecule has 29 heavy (non-hydrogen) atoms. The van der Waals surface area contributed by atoms with Crippen LogP contribution in [0.1, 0.15) is 58.1 Å². The van der Waals surface area contributed by atoms with E-state index in [-0.39, 0.29) is 5.41 Å². The van der Waals surface area contributed by atoms with Crippen molar-refractivity contribution in [1.29, 1.82) is 0 Å². The number of hydrogen-bond acceptors (Lipinski definition) is 2. The van der Waals surface area contributed by atoms with Gasteiger partial charge in [-0.05, 0) is 66.9 Å². The lowest BCUT2D eigenvalue weighted by Crippen LogP contribution is -2.34. The lowest BCUT2D eigenvalue weighted by atomic mass is 9.86. The SMILES string of the molecule is CC(Cc1ccc(C(C)(C)C)cc1)CN1CCCCC1.c1ccc2[nH]cnc2c1. The number of benzene rings is 2. The van der Waals surface area contributed by atoms with Gasteiger partial charge >= 0.3 is 0 Å². The number of fused-ring (bicyclic) bond motifs is 1. The number of likely N-dealkylation sites (tertiary alicyclic amines) is 1. The van der Waals surface area contributed by atoms with Gasteiger partial charge < -0.3 is 9.88 Å². The number of para-hydroxylation sites is 2. The maximum Gasteiger partial charge on any atom is 0.0931 e. The number of piperidine rings is 1. The number of H-pyrrole nitrogens is 1. The van der Waals surface area contributed by atoms with Crippen molar-refractivity contribution in [2.45, 2.75) is 58.8 Å². The number of rotatable bonds is 4.